The summed E-state index contributed by atoms with van der Waals surface area (Å²) in [5.74, 6) is 1.27. The van der Waals surface area contributed by atoms with Crippen LogP contribution >= 0.6 is 0 Å². The van der Waals surface area contributed by atoms with Crippen LogP contribution in [0.4, 0.5) is 0 Å². The average molecular weight is 359 g/mol. The largest absolute Gasteiger partial charge is 0.493 e. The molecule has 1 aliphatic heterocycles. The van der Waals surface area contributed by atoms with E-state index in [-0.39, 0.29) is 18.2 Å². The summed E-state index contributed by atoms with van der Waals surface area (Å²) < 4.78 is 10.8. The second-order valence-electron chi connectivity index (χ2n) is 6.01. The molecular weight excluding hydrogens is 334 g/mol. The maximum atomic E-state index is 12.4. The Morgan fingerprint density at radius 2 is 1.77 bits per heavy atom. The normalized spacial score (nSPS) is 13.9. The summed E-state index contributed by atoms with van der Waals surface area (Å²) in [6.45, 7) is 4.49. The van der Waals surface area contributed by atoms with E-state index in [1.807, 2.05) is 31.2 Å². The topological polar surface area (TPSA) is 82.9 Å². The first-order valence-electron chi connectivity index (χ1n) is 8.81. The molecule has 26 heavy (non-hydrogen) atoms. The van der Waals surface area contributed by atoms with Crippen molar-refractivity contribution in [3.63, 3.8) is 0 Å². The smallest absolute Gasteiger partial charge is 0.236 e. The molecule has 0 radical (unpaired) electrons. The number of benzene rings is 1. The highest BCUT2D eigenvalue weighted by Gasteiger charge is 2.23. The minimum absolute atomic E-state index is 0.0743. The fraction of sp³-hybridized carbons (Fsp3) is 0.526. The highest BCUT2D eigenvalue weighted by molar-refractivity contribution is 5.79. The zero-order valence-corrected chi connectivity index (χ0v) is 15.4. The van der Waals surface area contributed by atoms with Crippen LogP contribution in [-0.4, -0.2) is 61.5 Å². The molecule has 1 saturated heterocycles. The van der Waals surface area contributed by atoms with Crippen LogP contribution in [0.15, 0.2) is 18.2 Å². The molecule has 0 bridgehead atoms. The number of carbonyl (C=O) groups excluding carboxylic acids is 2. The number of aryl methyl sites for hydroxylation is 1. The van der Waals surface area contributed by atoms with Crippen LogP contribution in [0.2, 0.25) is 0 Å². The van der Waals surface area contributed by atoms with E-state index in [1.165, 1.54) is 0 Å². The van der Waals surface area contributed by atoms with Crippen LogP contribution < -0.4 is 9.47 Å². The molecule has 1 fully saturated rings. The minimum atomic E-state index is -0.166. The van der Waals surface area contributed by atoms with Gasteiger partial charge in [0.2, 0.25) is 11.8 Å². The first-order chi connectivity index (χ1) is 12.6. The average Bonchev–Trinajstić information content (AvgIpc) is 2.67. The molecule has 0 spiro atoms. The van der Waals surface area contributed by atoms with E-state index in [4.69, 9.17) is 14.7 Å². The molecule has 0 aliphatic carbocycles. The quantitative estimate of drug-likeness (QED) is 0.739. The maximum absolute atomic E-state index is 12.4. The molecule has 1 heterocycles. The number of ether oxygens (including phenoxy) is 2. The number of piperazine rings is 1. The lowest BCUT2D eigenvalue weighted by Crippen LogP contribution is -2.50. The van der Waals surface area contributed by atoms with E-state index >= 15 is 0 Å². The Labute approximate surface area is 154 Å². The second kappa shape index (κ2) is 9.66. The lowest BCUT2D eigenvalue weighted by molar-refractivity contribution is -0.139. The predicted octanol–water partition coefficient (Wildman–Crippen LogP) is 1.61. The Kier molecular flexibility index (Phi) is 7.27. The minimum Gasteiger partial charge on any atom is -0.493 e. The standard InChI is InChI=1S/C19H25N3O4/c1-3-26-16-6-4-15(14-17(16)25-2)5-7-18(23)21-10-12-22(13-11-21)19(24)8-9-20/h4,6,14H,3,5,7-8,10-13H2,1-2H3. The number of methoxy groups -OCH3 is 1. The molecule has 1 aliphatic rings. The number of carbonyl (C=O) groups is 2. The molecule has 2 rings (SSSR count). The zero-order chi connectivity index (χ0) is 18.9. The van der Waals surface area contributed by atoms with Crippen molar-refractivity contribution in [2.45, 2.75) is 26.2 Å². The van der Waals surface area contributed by atoms with Gasteiger partial charge in [0.05, 0.1) is 19.8 Å². The van der Waals surface area contributed by atoms with Crippen molar-refractivity contribution in [3.8, 4) is 17.6 Å². The van der Waals surface area contributed by atoms with Crippen LogP contribution in [-0.2, 0) is 16.0 Å². The van der Waals surface area contributed by atoms with E-state index in [2.05, 4.69) is 0 Å². The van der Waals surface area contributed by atoms with Gasteiger partial charge < -0.3 is 19.3 Å². The summed E-state index contributed by atoms with van der Waals surface area (Å²) in [4.78, 5) is 27.5. The van der Waals surface area contributed by atoms with Crippen molar-refractivity contribution in [1.82, 2.24) is 9.80 Å². The summed E-state index contributed by atoms with van der Waals surface area (Å²) in [5.41, 5.74) is 1.02. The summed E-state index contributed by atoms with van der Waals surface area (Å²) in [5, 5.41) is 8.59. The Morgan fingerprint density at radius 1 is 1.12 bits per heavy atom. The summed E-state index contributed by atoms with van der Waals surface area (Å²) >= 11 is 0. The van der Waals surface area contributed by atoms with Gasteiger partial charge in [-0.05, 0) is 31.0 Å². The molecule has 0 N–H and O–H groups in total. The number of rotatable bonds is 7. The van der Waals surface area contributed by atoms with Crippen LogP contribution in [0.25, 0.3) is 0 Å². The molecule has 0 aromatic heterocycles. The lowest BCUT2D eigenvalue weighted by atomic mass is 10.1. The van der Waals surface area contributed by atoms with Gasteiger partial charge in [0.25, 0.3) is 0 Å². The fourth-order valence-electron chi connectivity index (χ4n) is 2.94. The Hall–Kier alpha value is -2.75. The SMILES string of the molecule is CCOc1ccc(CCC(=O)N2CCN(C(=O)CC#N)CC2)cc1OC. The first kappa shape index (κ1) is 19.6. The van der Waals surface area contributed by atoms with E-state index in [9.17, 15) is 9.59 Å². The molecule has 1 aromatic rings. The Bertz CT molecular complexity index is 676. The van der Waals surface area contributed by atoms with Crippen molar-refractivity contribution in [1.29, 1.82) is 5.26 Å². The third-order valence-electron chi connectivity index (χ3n) is 4.37. The van der Waals surface area contributed by atoms with E-state index in [0.29, 0.717) is 57.1 Å². The van der Waals surface area contributed by atoms with Gasteiger partial charge in [-0.1, -0.05) is 6.07 Å². The third-order valence-corrected chi connectivity index (χ3v) is 4.37. The fourth-order valence-corrected chi connectivity index (χ4v) is 2.94. The van der Waals surface area contributed by atoms with Gasteiger partial charge in [0, 0.05) is 32.6 Å². The van der Waals surface area contributed by atoms with Gasteiger partial charge in [-0.2, -0.15) is 5.26 Å². The van der Waals surface area contributed by atoms with Gasteiger partial charge in [-0.3, -0.25) is 9.59 Å². The van der Waals surface area contributed by atoms with E-state index < -0.39 is 0 Å². The summed E-state index contributed by atoms with van der Waals surface area (Å²) in [6.07, 6.45) is 0.923. The van der Waals surface area contributed by atoms with E-state index in [0.717, 1.165) is 5.56 Å². The van der Waals surface area contributed by atoms with Crippen LogP contribution in [0.3, 0.4) is 0 Å². The monoisotopic (exact) mass is 359 g/mol. The van der Waals surface area contributed by atoms with Crippen LogP contribution in [0.1, 0.15) is 25.3 Å². The molecule has 7 heteroatoms. The molecule has 0 atom stereocenters. The Balaban J connectivity index is 1.84. The van der Waals surface area contributed by atoms with Crippen LogP contribution in [0, 0.1) is 11.3 Å². The predicted molar refractivity (Wildman–Crippen MR) is 95.9 cm³/mol. The molecule has 1 aromatic carbocycles. The summed E-state index contributed by atoms with van der Waals surface area (Å²) in [6, 6.07) is 7.57. The van der Waals surface area contributed by atoms with Gasteiger partial charge in [0.15, 0.2) is 11.5 Å². The number of nitrogens with zero attached hydrogens (tertiary/aromatic N) is 3. The van der Waals surface area contributed by atoms with Gasteiger partial charge >= 0.3 is 0 Å². The molecule has 0 unspecified atom stereocenters. The van der Waals surface area contributed by atoms with Crippen molar-refractivity contribution < 1.29 is 19.1 Å². The van der Waals surface area contributed by atoms with Crippen molar-refractivity contribution in [3.05, 3.63) is 23.8 Å². The molecule has 140 valence electrons. The van der Waals surface area contributed by atoms with Crippen molar-refractivity contribution >= 4 is 11.8 Å². The van der Waals surface area contributed by atoms with Gasteiger partial charge in [-0.15, -0.1) is 0 Å². The molecule has 7 nitrogen and oxygen atoms in total. The maximum Gasteiger partial charge on any atom is 0.236 e. The molecule has 0 saturated carbocycles. The number of hydrogen-bond donors (Lipinski definition) is 0. The zero-order valence-electron chi connectivity index (χ0n) is 15.4. The second-order valence-corrected chi connectivity index (χ2v) is 6.01. The highest BCUT2D eigenvalue weighted by Crippen LogP contribution is 2.28. The third kappa shape index (κ3) is 5.12. The Morgan fingerprint density at radius 3 is 2.35 bits per heavy atom. The number of nitriles is 1. The van der Waals surface area contributed by atoms with Gasteiger partial charge in [0.1, 0.15) is 6.42 Å². The van der Waals surface area contributed by atoms with Crippen LogP contribution in [0.5, 0.6) is 11.5 Å². The summed E-state index contributed by atoms with van der Waals surface area (Å²) in [7, 11) is 1.60. The van der Waals surface area contributed by atoms with Crippen molar-refractivity contribution in [2.75, 3.05) is 39.9 Å². The van der Waals surface area contributed by atoms with E-state index in [1.54, 1.807) is 16.9 Å². The lowest BCUT2D eigenvalue weighted by Gasteiger charge is -2.34. The number of amides is 2. The number of hydrogen-bond acceptors (Lipinski definition) is 5. The molecular formula is C19H25N3O4. The first-order valence-corrected chi connectivity index (χ1v) is 8.81. The highest BCUT2D eigenvalue weighted by atomic mass is 16.5. The van der Waals surface area contributed by atoms with Crippen molar-refractivity contribution in [2.24, 2.45) is 0 Å². The molecule has 2 amide bonds. The van der Waals surface area contributed by atoms with Gasteiger partial charge in [-0.25, -0.2) is 0 Å².